The topological polar surface area (TPSA) is 54.4 Å². The number of hydrogen-bond donors (Lipinski definition) is 1. The van der Waals surface area contributed by atoms with Crippen LogP contribution in [0.5, 0.6) is 0 Å². The van der Waals surface area contributed by atoms with Crippen LogP contribution in [-0.2, 0) is 22.5 Å². The molecule has 0 radical (unpaired) electrons. The molecule has 0 unspecified atom stereocenters. The SMILES string of the molecule is CS(=O)(=O)O.FC(F)(F)c1cccc(C(F)(F)F)c1.[H-].[Na+]. The summed E-state index contributed by atoms with van der Waals surface area (Å²) in [6.45, 7) is 0. The number of halogens is 6. The Morgan fingerprint density at radius 1 is 1.00 bits per heavy atom. The van der Waals surface area contributed by atoms with Gasteiger partial charge in [0.15, 0.2) is 0 Å². The van der Waals surface area contributed by atoms with Gasteiger partial charge in [-0.1, -0.05) is 6.07 Å². The van der Waals surface area contributed by atoms with Crippen molar-refractivity contribution in [3.63, 3.8) is 0 Å². The van der Waals surface area contributed by atoms with Crippen molar-refractivity contribution in [3.8, 4) is 0 Å². The van der Waals surface area contributed by atoms with Crippen LogP contribution in [0.15, 0.2) is 24.3 Å². The van der Waals surface area contributed by atoms with Crippen molar-refractivity contribution < 1.29 is 70.3 Å². The Kier molecular flexibility index (Phi) is 8.41. The molecule has 3 nitrogen and oxygen atoms in total. The van der Waals surface area contributed by atoms with E-state index in [1.807, 2.05) is 0 Å². The number of rotatable bonds is 0. The van der Waals surface area contributed by atoms with E-state index in [0.29, 0.717) is 18.4 Å². The third-order valence-electron chi connectivity index (χ3n) is 1.52. The first-order chi connectivity index (χ1) is 8.21. The molecule has 1 N–H and O–H groups in total. The molecule has 0 aliphatic carbocycles. The maximum atomic E-state index is 12.0. The van der Waals surface area contributed by atoms with Gasteiger partial charge in [-0.25, -0.2) is 0 Å². The monoisotopic (exact) mass is 334 g/mol. The van der Waals surface area contributed by atoms with Gasteiger partial charge in [0.2, 0.25) is 0 Å². The normalized spacial score (nSPS) is 12.0. The summed E-state index contributed by atoms with van der Waals surface area (Å²) in [6, 6.07) is 2.00. The average molecular weight is 334 g/mol. The quantitative estimate of drug-likeness (QED) is 0.423. The van der Waals surface area contributed by atoms with Gasteiger partial charge < -0.3 is 1.43 Å². The molecule has 0 bridgehead atoms. The summed E-state index contributed by atoms with van der Waals surface area (Å²) >= 11 is 0. The second kappa shape index (κ2) is 7.64. The van der Waals surface area contributed by atoms with E-state index in [-0.39, 0.29) is 37.1 Å². The molecule has 0 spiro atoms. The van der Waals surface area contributed by atoms with E-state index in [9.17, 15) is 34.8 Å². The summed E-state index contributed by atoms with van der Waals surface area (Å²) < 4.78 is 97.8. The van der Waals surface area contributed by atoms with Gasteiger partial charge in [0.1, 0.15) is 0 Å². The predicted molar refractivity (Wildman–Crippen MR) is 55.0 cm³/mol. The van der Waals surface area contributed by atoms with Crippen molar-refractivity contribution in [1.82, 2.24) is 0 Å². The van der Waals surface area contributed by atoms with Gasteiger partial charge in [-0.05, 0) is 18.2 Å². The maximum absolute atomic E-state index is 12.0. The van der Waals surface area contributed by atoms with Gasteiger partial charge in [0.25, 0.3) is 10.1 Å². The molecular weight excluding hydrogens is 325 g/mol. The van der Waals surface area contributed by atoms with Gasteiger partial charge in [0, 0.05) is 0 Å². The molecule has 0 aromatic heterocycles. The zero-order chi connectivity index (χ0) is 15.5. The van der Waals surface area contributed by atoms with Crippen LogP contribution in [0.25, 0.3) is 0 Å². The standard InChI is InChI=1S/C8H4F6.CH4O3S.Na.H/c9-7(10,11)5-2-1-3-6(4-5)8(12,13)14;1-5(2,3)4;;/h1-4H;1H3,(H,2,3,4);;/q;;+1;-1. The van der Waals surface area contributed by atoms with Crippen LogP contribution >= 0.6 is 0 Å². The number of hydrogen-bond acceptors (Lipinski definition) is 2. The molecule has 0 aliphatic heterocycles. The van der Waals surface area contributed by atoms with Crippen LogP contribution in [0, 0.1) is 0 Å². The first-order valence-electron chi connectivity index (χ1n) is 4.38. The van der Waals surface area contributed by atoms with Crippen LogP contribution < -0.4 is 29.6 Å². The summed E-state index contributed by atoms with van der Waals surface area (Å²) in [4.78, 5) is 0. The third-order valence-corrected chi connectivity index (χ3v) is 1.52. The molecule has 1 rings (SSSR count). The van der Waals surface area contributed by atoms with Crippen LogP contribution in [0.4, 0.5) is 26.3 Å². The molecule has 0 saturated heterocycles. The van der Waals surface area contributed by atoms with E-state index in [4.69, 9.17) is 4.55 Å². The minimum atomic E-state index is -4.75. The minimum Gasteiger partial charge on any atom is -1.00 e. The van der Waals surface area contributed by atoms with Crippen molar-refractivity contribution in [2.75, 3.05) is 6.26 Å². The maximum Gasteiger partial charge on any atom is 1.00 e. The first kappa shape index (κ1) is 22.0. The summed E-state index contributed by atoms with van der Waals surface area (Å²) in [6.07, 6.45) is -8.78. The average Bonchev–Trinajstić information content (AvgIpc) is 2.12. The van der Waals surface area contributed by atoms with Gasteiger partial charge in [-0.2, -0.15) is 34.8 Å². The molecule has 1 aromatic rings. The van der Waals surface area contributed by atoms with Crippen molar-refractivity contribution in [3.05, 3.63) is 35.4 Å². The first-order valence-corrected chi connectivity index (χ1v) is 6.23. The Labute approximate surface area is 134 Å². The van der Waals surface area contributed by atoms with Crippen LogP contribution in [-0.4, -0.2) is 19.2 Å². The Morgan fingerprint density at radius 3 is 1.45 bits per heavy atom. The van der Waals surface area contributed by atoms with Crippen LogP contribution in [0.3, 0.4) is 0 Å². The molecule has 1 aromatic carbocycles. The van der Waals surface area contributed by atoms with E-state index in [1.165, 1.54) is 0 Å². The van der Waals surface area contributed by atoms with Crippen LogP contribution in [0.2, 0.25) is 0 Å². The smallest absolute Gasteiger partial charge is 1.00 e. The zero-order valence-corrected chi connectivity index (χ0v) is 13.1. The second-order valence-electron chi connectivity index (χ2n) is 3.31. The summed E-state index contributed by atoms with van der Waals surface area (Å²) in [5.41, 5.74) is -2.60. The molecule has 11 heteroatoms. The molecule has 0 fully saturated rings. The summed E-state index contributed by atoms with van der Waals surface area (Å²) in [5.74, 6) is 0. The molecule has 0 aliphatic rings. The van der Waals surface area contributed by atoms with Gasteiger partial charge >= 0.3 is 41.9 Å². The fourth-order valence-corrected chi connectivity index (χ4v) is 0.872. The fourth-order valence-electron chi connectivity index (χ4n) is 0.872. The molecule has 112 valence electrons. The van der Waals surface area contributed by atoms with Crippen molar-refractivity contribution in [2.24, 2.45) is 0 Å². The van der Waals surface area contributed by atoms with Crippen molar-refractivity contribution >= 4 is 10.1 Å². The minimum absolute atomic E-state index is 0. The third kappa shape index (κ3) is 10.5. The molecule has 0 saturated carbocycles. The van der Waals surface area contributed by atoms with Gasteiger partial charge in [-0.15, -0.1) is 0 Å². The Hall–Kier alpha value is -0.290. The molecule has 0 amide bonds. The van der Waals surface area contributed by atoms with E-state index < -0.39 is 33.6 Å². The predicted octanol–water partition coefficient (Wildman–Crippen LogP) is 0.345. The Balaban J connectivity index is -0.000000405. The second-order valence-corrected chi connectivity index (χ2v) is 4.78. The zero-order valence-electron chi connectivity index (χ0n) is 11.2. The van der Waals surface area contributed by atoms with Crippen molar-refractivity contribution in [2.45, 2.75) is 12.4 Å². The van der Waals surface area contributed by atoms with Crippen molar-refractivity contribution in [1.29, 1.82) is 0 Å². The van der Waals surface area contributed by atoms with E-state index in [0.717, 1.165) is 6.07 Å². The molecule has 0 heterocycles. The Bertz CT molecular complexity index is 492. The Morgan fingerprint density at radius 2 is 1.25 bits per heavy atom. The molecule has 20 heavy (non-hydrogen) atoms. The fraction of sp³-hybridized carbons (Fsp3) is 0.333. The number of alkyl halides is 6. The van der Waals surface area contributed by atoms with E-state index >= 15 is 0 Å². The number of benzene rings is 1. The molecular formula is C9H9F6NaO3S. The summed E-state index contributed by atoms with van der Waals surface area (Å²) in [5, 5.41) is 0. The van der Waals surface area contributed by atoms with E-state index in [2.05, 4.69) is 0 Å². The van der Waals surface area contributed by atoms with E-state index in [1.54, 1.807) is 0 Å². The van der Waals surface area contributed by atoms with Gasteiger partial charge in [-0.3, -0.25) is 4.55 Å². The van der Waals surface area contributed by atoms with Crippen LogP contribution in [0.1, 0.15) is 12.6 Å². The molecule has 0 atom stereocenters. The largest absolute Gasteiger partial charge is 1.00 e. The summed E-state index contributed by atoms with van der Waals surface area (Å²) in [7, 11) is -3.67. The van der Waals surface area contributed by atoms with Gasteiger partial charge in [0.05, 0.1) is 17.4 Å².